The van der Waals surface area contributed by atoms with Crippen LogP contribution in [0, 0.1) is 11.7 Å². The number of carbonyl (C=O) groups excluding carboxylic acids is 2. The molecule has 2 saturated heterocycles. The Hall–Kier alpha value is -2.67. The van der Waals surface area contributed by atoms with Gasteiger partial charge in [-0.25, -0.2) is 4.39 Å². The number of carbonyl (C=O) groups is 2. The van der Waals surface area contributed by atoms with Crippen molar-refractivity contribution in [1.29, 1.82) is 0 Å². The van der Waals surface area contributed by atoms with Gasteiger partial charge in [-0.05, 0) is 50.2 Å². The van der Waals surface area contributed by atoms with Crippen LogP contribution in [0.3, 0.4) is 0 Å². The first-order valence-corrected chi connectivity index (χ1v) is 9.73. The molecule has 0 spiro atoms. The molecule has 2 aliphatic rings. The average Bonchev–Trinajstić information content (AvgIpc) is 3.45. The Balaban J connectivity index is 1.39. The van der Waals surface area contributed by atoms with Crippen molar-refractivity contribution in [2.75, 3.05) is 31.1 Å². The van der Waals surface area contributed by atoms with Crippen LogP contribution >= 0.6 is 0 Å². The Bertz CT molecular complexity index is 833. The molecule has 148 valence electrons. The first-order valence-electron chi connectivity index (χ1n) is 9.73. The normalized spacial score (nSPS) is 21.2. The van der Waals surface area contributed by atoms with Gasteiger partial charge in [0.15, 0.2) is 0 Å². The molecule has 4 rings (SSSR count). The van der Waals surface area contributed by atoms with Crippen LogP contribution in [0.15, 0.2) is 47.1 Å². The molecule has 0 aliphatic carbocycles. The van der Waals surface area contributed by atoms with E-state index in [4.69, 9.17) is 4.42 Å². The zero-order valence-corrected chi connectivity index (χ0v) is 15.6. The Morgan fingerprint density at radius 2 is 2.00 bits per heavy atom. The number of hydrogen-bond acceptors (Lipinski definition) is 4. The molecule has 28 heavy (non-hydrogen) atoms. The number of rotatable bonds is 6. The molecule has 2 fully saturated rings. The molecule has 3 heterocycles. The predicted molar refractivity (Wildman–Crippen MR) is 102 cm³/mol. The topological polar surface area (TPSA) is 65.8 Å². The number of nitrogens with zero attached hydrogens (tertiary/aromatic N) is 2. The molecule has 7 heteroatoms. The molecule has 1 aromatic carbocycles. The summed E-state index contributed by atoms with van der Waals surface area (Å²) in [4.78, 5) is 28.7. The lowest BCUT2D eigenvalue weighted by molar-refractivity contribution is -0.126. The Morgan fingerprint density at radius 3 is 2.71 bits per heavy atom. The van der Waals surface area contributed by atoms with Gasteiger partial charge in [0.25, 0.3) is 0 Å². The number of nitrogens with one attached hydrogen (secondary N) is 1. The van der Waals surface area contributed by atoms with E-state index >= 15 is 0 Å². The van der Waals surface area contributed by atoms with Crippen molar-refractivity contribution in [3.05, 3.63) is 54.2 Å². The summed E-state index contributed by atoms with van der Waals surface area (Å²) in [6, 6.07) is 9.91. The maximum Gasteiger partial charge on any atom is 0.227 e. The minimum atomic E-state index is -0.483. The number of likely N-dealkylation sites (tertiary alicyclic amines) is 1. The largest absolute Gasteiger partial charge is 0.468 e. The van der Waals surface area contributed by atoms with Crippen molar-refractivity contribution in [3.8, 4) is 0 Å². The highest BCUT2D eigenvalue weighted by Gasteiger charge is 2.36. The molecule has 0 radical (unpaired) electrons. The number of anilines is 1. The number of halogens is 1. The Morgan fingerprint density at radius 1 is 1.21 bits per heavy atom. The van der Waals surface area contributed by atoms with Gasteiger partial charge in [0, 0.05) is 19.5 Å². The van der Waals surface area contributed by atoms with E-state index in [-0.39, 0.29) is 36.5 Å². The summed E-state index contributed by atoms with van der Waals surface area (Å²) in [5.41, 5.74) is 0.230. The van der Waals surface area contributed by atoms with E-state index in [1.54, 1.807) is 24.5 Å². The highest BCUT2D eigenvalue weighted by atomic mass is 19.1. The highest BCUT2D eigenvalue weighted by Crippen LogP contribution is 2.28. The molecule has 0 saturated carbocycles. The third kappa shape index (κ3) is 3.80. The fourth-order valence-corrected chi connectivity index (χ4v) is 4.07. The third-order valence-electron chi connectivity index (χ3n) is 5.56. The number of para-hydroxylation sites is 1. The molecule has 1 N–H and O–H groups in total. The second-order valence-corrected chi connectivity index (χ2v) is 7.38. The van der Waals surface area contributed by atoms with Crippen LogP contribution in [0.1, 0.15) is 31.1 Å². The quantitative estimate of drug-likeness (QED) is 0.830. The van der Waals surface area contributed by atoms with Crippen molar-refractivity contribution < 1.29 is 18.4 Å². The summed E-state index contributed by atoms with van der Waals surface area (Å²) in [6.07, 6.45) is 4.01. The SMILES string of the molecule is O=C(NC[C@H](c1ccco1)N1CCCC1)[C@H]1CC(=O)N(c2ccccc2F)C1. The Labute approximate surface area is 163 Å². The lowest BCUT2D eigenvalue weighted by Crippen LogP contribution is -2.39. The molecule has 2 atom stereocenters. The molecule has 6 nitrogen and oxygen atoms in total. The number of hydrogen-bond donors (Lipinski definition) is 1. The second kappa shape index (κ2) is 8.14. The number of benzene rings is 1. The van der Waals surface area contributed by atoms with Crippen molar-refractivity contribution in [3.63, 3.8) is 0 Å². The van der Waals surface area contributed by atoms with Crippen LogP contribution in [-0.4, -0.2) is 42.9 Å². The summed E-state index contributed by atoms with van der Waals surface area (Å²) in [5.74, 6) is -0.514. The minimum absolute atomic E-state index is 0.0128. The fourth-order valence-electron chi connectivity index (χ4n) is 4.07. The van der Waals surface area contributed by atoms with Crippen LogP contribution in [0.5, 0.6) is 0 Å². The van der Waals surface area contributed by atoms with Crippen LogP contribution in [0.25, 0.3) is 0 Å². The van der Waals surface area contributed by atoms with Gasteiger partial charge in [-0.2, -0.15) is 0 Å². The van der Waals surface area contributed by atoms with Crippen LogP contribution in [0.2, 0.25) is 0 Å². The van der Waals surface area contributed by atoms with Crippen molar-refractivity contribution >= 4 is 17.5 Å². The zero-order chi connectivity index (χ0) is 19.5. The third-order valence-corrected chi connectivity index (χ3v) is 5.56. The van der Waals surface area contributed by atoms with Crippen molar-refractivity contribution in [2.45, 2.75) is 25.3 Å². The first kappa shape index (κ1) is 18.7. The van der Waals surface area contributed by atoms with Gasteiger partial charge in [-0.3, -0.25) is 14.5 Å². The van der Waals surface area contributed by atoms with E-state index < -0.39 is 11.7 Å². The van der Waals surface area contributed by atoms with E-state index in [9.17, 15) is 14.0 Å². The predicted octanol–water partition coefficient (Wildman–Crippen LogP) is 2.72. The number of amides is 2. The second-order valence-electron chi connectivity index (χ2n) is 7.38. The molecule has 1 aromatic heterocycles. The minimum Gasteiger partial charge on any atom is -0.468 e. The van der Waals surface area contributed by atoms with Crippen LogP contribution in [-0.2, 0) is 9.59 Å². The van der Waals surface area contributed by atoms with E-state index in [2.05, 4.69) is 10.2 Å². The maximum atomic E-state index is 14.0. The van der Waals surface area contributed by atoms with E-state index in [1.807, 2.05) is 12.1 Å². The maximum absolute atomic E-state index is 14.0. The van der Waals surface area contributed by atoms with Crippen LogP contribution in [0.4, 0.5) is 10.1 Å². The average molecular weight is 385 g/mol. The molecule has 2 amide bonds. The molecular formula is C21H24FN3O3. The van der Waals surface area contributed by atoms with E-state index in [1.165, 1.54) is 11.0 Å². The fraction of sp³-hybridized carbons (Fsp3) is 0.429. The summed E-state index contributed by atoms with van der Waals surface area (Å²) in [7, 11) is 0. The summed E-state index contributed by atoms with van der Waals surface area (Å²) in [5, 5.41) is 2.98. The lowest BCUT2D eigenvalue weighted by atomic mass is 10.1. The standard InChI is InChI=1S/C21H24FN3O3/c22-16-6-1-2-7-17(16)25-14-15(12-20(25)26)21(27)23-13-18(19-8-5-11-28-19)24-9-3-4-10-24/h1-2,5-8,11,15,18H,3-4,9-10,12-14H2,(H,23,27)/t15-,18+/m0/s1. The van der Waals surface area contributed by atoms with Gasteiger partial charge in [-0.15, -0.1) is 0 Å². The summed E-state index contributed by atoms with van der Waals surface area (Å²) >= 11 is 0. The molecule has 2 aromatic rings. The van der Waals surface area contributed by atoms with Gasteiger partial charge >= 0.3 is 0 Å². The van der Waals surface area contributed by atoms with Gasteiger partial charge in [-0.1, -0.05) is 12.1 Å². The van der Waals surface area contributed by atoms with Crippen LogP contribution < -0.4 is 10.2 Å². The van der Waals surface area contributed by atoms with Crippen molar-refractivity contribution in [2.24, 2.45) is 5.92 Å². The zero-order valence-electron chi connectivity index (χ0n) is 15.6. The van der Waals surface area contributed by atoms with E-state index in [0.29, 0.717) is 6.54 Å². The summed E-state index contributed by atoms with van der Waals surface area (Å²) in [6.45, 7) is 2.58. The molecule has 0 unspecified atom stereocenters. The monoisotopic (exact) mass is 385 g/mol. The molecule has 0 bridgehead atoms. The lowest BCUT2D eigenvalue weighted by Gasteiger charge is -2.26. The summed E-state index contributed by atoms with van der Waals surface area (Å²) < 4.78 is 19.6. The van der Waals surface area contributed by atoms with Gasteiger partial charge in [0.2, 0.25) is 11.8 Å². The molecular weight excluding hydrogens is 361 g/mol. The smallest absolute Gasteiger partial charge is 0.227 e. The van der Waals surface area contributed by atoms with E-state index in [0.717, 1.165) is 31.7 Å². The van der Waals surface area contributed by atoms with Gasteiger partial charge in [0.05, 0.1) is 23.9 Å². The first-order chi connectivity index (χ1) is 13.6. The Kier molecular flexibility index (Phi) is 5.43. The van der Waals surface area contributed by atoms with Crippen molar-refractivity contribution in [1.82, 2.24) is 10.2 Å². The number of furan rings is 1. The van der Waals surface area contributed by atoms with Gasteiger partial charge in [0.1, 0.15) is 11.6 Å². The highest BCUT2D eigenvalue weighted by molar-refractivity contribution is 6.00. The molecule has 2 aliphatic heterocycles. The van der Waals surface area contributed by atoms with Gasteiger partial charge < -0.3 is 14.6 Å².